The summed E-state index contributed by atoms with van der Waals surface area (Å²) in [5, 5.41) is 0.389. The Morgan fingerprint density at radius 3 is 1.88 bits per heavy atom. The normalized spacial score (nSPS) is 6.50. The summed E-state index contributed by atoms with van der Waals surface area (Å²) in [6, 6.07) is 0. The summed E-state index contributed by atoms with van der Waals surface area (Å²) in [5.41, 5.74) is 4.41. The average Bonchev–Trinajstić information content (AvgIpc) is 1.27. The summed E-state index contributed by atoms with van der Waals surface area (Å²) in [6.07, 6.45) is 0. The lowest BCUT2D eigenvalue weighted by Gasteiger charge is -1.64. The summed E-state index contributed by atoms with van der Waals surface area (Å²) < 4.78 is 18.9. The van der Waals surface area contributed by atoms with E-state index in [1.165, 1.54) is 0 Å². The molecule has 0 rings (SSSR count). The largest absolute Gasteiger partial charge is 0.365 e. The lowest BCUT2D eigenvalue weighted by molar-refractivity contribution is -0.111. The molecule has 0 aromatic heterocycles. The molecule has 0 heterocycles. The minimum absolute atomic E-state index is 0. The molecule has 0 spiro atoms. The van der Waals surface area contributed by atoms with E-state index in [0.717, 1.165) is 0 Å². The number of primary amides is 1. The van der Waals surface area contributed by atoms with E-state index in [2.05, 4.69) is 5.73 Å². The summed E-state index contributed by atoms with van der Waals surface area (Å²) in [6.45, 7) is 0. The number of amides is 1. The number of nitrogens with two attached hydrogens (primary N) is 1. The van der Waals surface area contributed by atoms with E-state index in [1.54, 1.807) is 0 Å². The maximum absolute atomic E-state index is 9.58. The zero-order valence-corrected chi connectivity index (χ0v) is 5.33. The Bertz CT molecular complexity index is 185. The van der Waals surface area contributed by atoms with E-state index in [1.807, 2.05) is 0 Å². The molecule has 1 amide bonds. The molecule has 0 aromatic rings. The molecule has 2 N–H and O–H groups in total. The van der Waals surface area contributed by atoms with Crippen LogP contribution < -0.4 is 5.73 Å². The summed E-state index contributed by atoms with van der Waals surface area (Å²) in [7, 11) is -2.45. The number of halogens is 1. The molecule has 0 aliphatic rings. The predicted molar refractivity (Wildman–Crippen MR) is 31.4 cm³/mol. The maximum atomic E-state index is 9.58. The van der Waals surface area contributed by atoms with Crippen molar-refractivity contribution in [1.29, 1.82) is 0 Å². The zero-order chi connectivity index (χ0) is 5.86. The van der Waals surface area contributed by atoms with Gasteiger partial charge in [-0.05, 0) is 0 Å². The number of hydrogen-bond donors (Lipinski definition) is 1. The van der Waals surface area contributed by atoms with Gasteiger partial charge in [0.2, 0.25) is 10.3 Å². The van der Waals surface area contributed by atoms with Crippen molar-refractivity contribution in [1.82, 2.24) is 0 Å². The van der Waals surface area contributed by atoms with Gasteiger partial charge in [0, 0.05) is 0 Å². The number of rotatable bonds is 1. The van der Waals surface area contributed by atoms with Gasteiger partial charge in [0.25, 0.3) is 5.91 Å². The van der Waals surface area contributed by atoms with Gasteiger partial charge in [-0.3, -0.25) is 4.79 Å². The Hall–Kier alpha value is -0.550. The van der Waals surface area contributed by atoms with Crippen molar-refractivity contribution in [3.8, 4) is 0 Å². The first kappa shape index (κ1) is 10.4. The Kier molecular flexibility index (Phi) is 6.01. The van der Waals surface area contributed by atoms with Gasteiger partial charge < -0.3 is 5.73 Å². The average molecular weight is 158 g/mol. The molecule has 0 aromatic carbocycles. The van der Waals surface area contributed by atoms with Crippen LogP contribution in [-0.2, 0) is 15.1 Å². The van der Waals surface area contributed by atoms with Gasteiger partial charge in [-0.2, -0.15) is 8.42 Å². The van der Waals surface area contributed by atoms with Crippen LogP contribution in [0.15, 0.2) is 0 Å². The van der Waals surface area contributed by atoms with Crippen molar-refractivity contribution < 1.29 is 13.2 Å². The van der Waals surface area contributed by atoms with E-state index in [0.29, 0.717) is 5.37 Å². The molecular weight excluding hydrogens is 154 g/mol. The molecule has 0 fully saturated rings. The van der Waals surface area contributed by atoms with Crippen molar-refractivity contribution in [2.24, 2.45) is 5.73 Å². The fraction of sp³-hybridized carbons (Fsp3) is 0. The molecular formula is C2H4ClNO3S. The third-order valence-electron chi connectivity index (χ3n) is 0.212. The number of carbonyl (C=O) groups is 1. The van der Waals surface area contributed by atoms with Crippen LogP contribution in [0.25, 0.3) is 0 Å². The van der Waals surface area contributed by atoms with Gasteiger partial charge in [0.15, 0.2) is 0 Å². The molecule has 0 unspecified atom stereocenters. The second-order valence-corrected chi connectivity index (χ2v) is 1.54. The van der Waals surface area contributed by atoms with Crippen LogP contribution in [0.3, 0.4) is 0 Å². The Morgan fingerprint density at radius 1 is 1.50 bits per heavy atom. The highest BCUT2D eigenvalue weighted by molar-refractivity contribution is 7.73. The van der Waals surface area contributed by atoms with Gasteiger partial charge >= 0.3 is 0 Å². The van der Waals surface area contributed by atoms with E-state index in [4.69, 9.17) is 0 Å². The molecule has 48 valence electrons. The van der Waals surface area contributed by atoms with Crippen LogP contribution in [0.4, 0.5) is 0 Å². The molecule has 0 saturated heterocycles. The van der Waals surface area contributed by atoms with E-state index in [-0.39, 0.29) is 12.4 Å². The first-order valence-electron chi connectivity index (χ1n) is 1.35. The van der Waals surface area contributed by atoms with Crippen molar-refractivity contribution >= 4 is 34.0 Å². The molecule has 6 heteroatoms. The lowest BCUT2D eigenvalue weighted by Crippen LogP contribution is -2.11. The topological polar surface area (TPSA) is 77.2 Å². The zero-order valence-electron chi connectivity index (χ0n) is 3.70. The Morgan fingerprint density at radius 2 is 1.88 bits per heavy atom. The molecule has 8 heavy (non-hydrogen) atoms. The van der Waals surface area contributed by atoms with Gasteiger partial charge in [-0.25, -0.2) is 0 Å². The lowest BCUT2D eigenvalue weighted by atomic mass is 10.8. The number of carbonyl (C=O) groups excluding carboxylic acids is 1. The van der Waals surface area contributed by atoms with Crippen molar-refractivity contribution in [2.75, 3.05) is 0 Å². The highest BCUT2D eigenvalue weighted by Crippen LogP contribution is 1.40. The standard InChI is InChI=1S/C2H3NO3S.ClH/c3-2(4)1-7(5)6;/h1H,(H2,3,4);1H. The SMILES string of the molecule is Cl.NC(=O)C=S(=O)=O. The highest BCUT2D eigenvalue weighted by Gasteiger charge is 1.80. The Balaban J connectivity index is 0. The molecule has 4 nitrogen and oxygen atoms in total. The molecule has 0 radical (unpaired) electrons. The van der Waals surface area contributed by atoms with Gasteiger partial charge in [0.1, 0.15) is 5.37 Å². The van der Waals surface area contributed by atoms with Crippen LogP contribution in [-0.4, -0.2) is 19.7 Å². The summed E-state index contributed by atoms with van der Waals surface area (Å²) in [4.78, 5) is 9.58. The van der Waals surface area contributed by atoms with Crippen LogP contribution >= 0.6 is 12.4 Å². The molecule has 0 aliphatic carbocycles. The fourth-order valence-corrected chi connectivity index (χ4v) is 0.285. The third kappa shape index (κ3) is 9.07. The quantitative estimate of drug-likeness (QED) is 0.475. The third-order valence-corrected chi connectivity index (χ3v) is 0.637. The van der Waals surface area contributed by atoms with E-state index in [9.17, 15) is 13.2 Å². The van der Waals surface area contributed by atoms with Gasteiger partial charge in [-0.15, -0.1) is 12.4 Å². The predicted octanol–water partition coefficient (Wildman–Crippen LogP) is -1.43. The minimum Gasteiger partial charge on any atom is -0.365 e. The minimum atomic E-state index is -2.45. The van der Waals surface area contributed by atoms with Crippen molar-refractivity contribution in [3.05, 3.63) is 0 Å². The van der Waals surface area contributed by atoms with Crippen LogP contribution in [0.1, 0.15) is 0 Å². The molecule has 0 bridgehead atoms. The monoisotopic (exact) mass is 157 g/mol. The second-order valence-electron chi connectivity index (χ2n) is 0.781. The van der Waals surface area contributed by atoms with Crippen LogP contribution in [0.5, 0.6) is 0 Å². The van der Waals surface area contributed by atoms with Crippen molar-refractivity contribution in [2.45, 2.75) is 0 Å². The van der Waals surface area contributed by atoms with Crippen LogP contribution in [0, 0.1) is 0 Å². The highest BCUT2D eigenvalue weighted by atomic mass is 35.5. The Labute approximate surface area is 53.6 Å². The van der Waals surface area contributed by atoms with Gasteiger partial charge in [-0.1, -0.05) is 0 Å². The maximum Gasteiger partial charge on any atom is 0.256 e. The summed E-state index contributed by atoms with van der Waals surface area (Å²) in [5.74, 6) is -0.951. The fourth-order valence-electron chi connectivity index (χ4n) is 0.0948. The molecule has 0 atom stereocenters. The smallest absolute Gasteiger partial charge is 0.256 e. The van der Waals surface area contributed by atoms with Crippen molar-refractivity contribution in [3.63, 3.8) is 0 Å². The molecule has 0 saturated carbocycles. The second kappa shape index (κ2) is 4.61. The van der Waals surface area contributed by atoms with E-state index >= 15 is 0 Å². The van der Waals surface area contributed by atoms with E-state index < -0.39 is 16.2 Å². The summed E-state index contributed by atoms with van der Waals surface area (Å²) >= 11 is 0. The van der Waals surface area contributed by atoms with Gasteiger partial charge in [0.05, 0.1) is 0 Å². The first-order valence-corrected chi connectivity index (χ1v) is 2.49. The first-order chi connectivity index (χ1) is 3.13. The molecule has 0 aliphatic heterocycles. The number of hydrogen-bond acceptors (Lipinski definition) is 3. The van der Waals surface area contributed by atoms with Crippen LogP contribution in [0.2, 0.25) is 0 Å².